The highest BCUT2D eigenvalue weighted by Gasteiger charge is 2.06. The van der Waals surface area contributed by atoms with Gasteiger partial charge in [0.25, 0.3) is 0 Å². The van der Waals surface area contributed by atoms with Crippen LogP contribution in [0.2, 0.25) is 0 Å². The van der Waals surface area contributed by atoms with Crippen LogP contribution in [0.4, 0.5) is 0 Å². The number of hydrogen-bond donors (Lipinski definition) is 2. The number of phenols is 1. The molecule has 0 saturated heterocycles. The summed E-state index contributed by atoms with van der Waals surface area (Å²) < 4.78 is 2.01. The Morgan fingerprint density at radius 1 is 1.38 bits per heavy atom. The number of nitrogens with zero attached hydrogens (tertiary/aromatic N) is 1. The summed E-state index contributed by atoms with van der Waals surface area (Å²) in [6.45, 7) is 0.368. The molecule has 3 heteroatoms. The molecule has 0 radical (unpaired) electrons. The van der Waals surface area contributed by atoms with Gasteiger partial charge in [-0.2, -0.15) is 0 Å². The van der Waals surface area contributed by atoms with Gasteiger partial charge >= 0.3 is 0 Å². The maximum absolute atomic E-state index is 9.53. The summed E-state index contributed by atoms with van der Waals surface area (Å²) in [6, 6.07) is 5.55. The highest BCUT2D eigenvalue weighted by Crippen LogP contribution is 2.26. The first-order chi connectivity index (χ1) is 6.24. The largest absolute Gasteiger partial charge is 0.508 e. The molecular formula is C10H12N2O. The highest BCUT2D eigenvalue weighted by molar-refractivity contribution is 5.85. The predicted molar refractivity (Wildman–Crippen MR) is 52.5 cm³/mol. The summed E-state index contributed by atoms with van der Waals surface area (Å²) in [4.78, 5) is 0. The quantitative estimate of drug-likeness (QED) is 0.689. The molecule has 1 aromatic carbocycles. The van der Waals surface area contributed by atoms with E-state index in [0.717, 1.165) is 16.5 Å². The van der Waals surface area contributed by atoms with Gasteiger partial charge < -0.3 is 15.4 Å². The average Bonchev–Trinajstić information content (AvgIpc) is 2.48. The molecular weight excluding hydrogens is 164 g/mol. The molecule has 1 heterocycles. The van der Waals surface area contributed by atoms with Gasteiger partial charge in [-0.15, -0.1) is 0 Å². The van der Waals surface area contributed by atoms with Crippen LogP contribution in [-0.4, -0.2) is 9.67 Å². The van der Waals surface area contributed by atoms with E-state index in [1.54, 1.807) is 6.07 Å². The number of nitrogens with two attached hydrogens (primary N) is 1. The summed E-state index contributed by atoms with van der Waals surface area (Å²) >= 11 is 0. The molecule has 3 N–H and O–H groups in total. The second kappa shape index (κ2) is 2.78. The number of benzene rings is 1. The Bertz CT molecular complexity index is 445. The van der Waals surface area contributed by atoms with Gasteiger partial charge in [0.2, 0.25) is 0 Å². The number of aromatic hydroxyl groups is 1. The second-order valence-corrected chi connectivity index (χ2v) is 3.13. The average molecular weight is 176 g/mol. The van der Waals surface area contributed by atoms with Gasteiger partial charge in [-0.3, -0.25) is 0 Å². The van der Waals surface area contributed by atoms with Gasteiger partial charge in [-0.25, -0.2) is 0 Å². The van der Waals surface area contributed by atoms with Crippen molar-refractivity contribution in [2.24, 2.45) is 12.8 Å². The number of aryl methyl sites for hydroxylation is 1. The first-order valence-electron chi connectivity index (χ1n) is 4.20. The van der Waals surface area contributed by atoms with E-state index in [2.05, 4.69) is 0 Å². The van der Waals surface area contributed by atoms with Crippen molar-refractivity contribution in [1.29, 1.82) is 0 Å². The second-order valence-electron chi connectivity index (χ2n) is 3.13. The smallest absolute Gasteiger partial charge is 0.120 e. The van der Waals surface area contributed by atoms with Gasteiger partial charge in [0.15, 0.2) is 0 Å². The predicted octanol–water partition coefficient (Wildman–Crippen LogP) is 1.34. The minimum absolute atomic E-state index is 0.279. The van der Waals surface area contributed by atoms with E-state index in [9.17, 15) is 5.11 Å². The lowest BCUT2D eigenvalue weighted by atomic mass is 10.1. The fourth-order valence-electron chi connectivity index (χ4n) is 1.62. The third-order valence-electron chi connectivity index (χ3n) is 2.36. The summed E-state index contributed by atoms with van der Waals surface area (Å²) in [5.74, 6) is 0.279. The summed E-state index contributed by atoms with van der Waals surface area (Å²) in [5, 5.41) is 10.6. The zero-order valence-corrected chi connectivity index (χ0v) is 7.49. The molecule has 0 saturated carbocycles. The number of hydrogen-bond acceptors (Lipinski definition) is 2. The SMILES string of the molecule is Cn1ccc2c(CN)c(O)ccc21. The maximum Gasteiger partial charge on any atom is 0.120 e. The highest BCUT2D eigenvalue weighted by atomic mass is 16.3. The Labute approximate surface area is 76.4 Å². The first-order valence-corrected chi connectivity index (χ1v) is 4.20. The molecule has 0 spiro atoms. The van der Waals surface area contributed by atoms with E-state index in [-0.39, 0.29) is 5.75 Å². The first kappa shape index (κ1) is 8.13. The van der Waals surface area contributed by atoms with Gasteiger partial charge in [0, 0.05) is 36.3 Å². The minimum Gasteiger partial charge on any atom is -0.508 e. The summed E-state index contributed by atoms with van der Waals surface area (Å²) in [7, 11) is 1.97. The standard InChI is InChI=1S/C10H12N2O/c1-12-5-4-7-8(6-11)10(13)3-2-9(7)12/h2-5,13H,6,11H2,1H3. The fourth-order valence-corrected chi connectivity index (χ4v) is 1.62. The van der Waals surface area contributed by atoms with Crippen molar-refractivity contribution in [1.82, 2.24) is 4.57 Å². The van der Waals surface area contributed by atoms with E-state index < -0.39 is 0 Å². The normalized spacial score (nSPS) is 10.9. The van der Waals surface area contributed by atoms with Crippen LogP contribution in [0, 0.1) is 0 Å². The Morgan fingerprint density at radius 2 is 2.15 bits per heavy atom. The number of fused-ring (bicyclic) bond motifs is 1. The zero-order valence-electron chi connectivity index (χ0n) is 7.49. The lowest BCUT2D eigenvalue weighted by Crippen LogP contribution is -1.97. The van der Waals surface area contributed by atoms with Crippen LogP contribution >= 0.6 is 0 Å². The van der Waals surface area contributed by atoms with Gasteiger partial charge in [0.05, 0.1) is 0 Å². The van der Waals surface area contributed by atoms with Crippen LogP contribution in [0.15, 0.2) is 24.4 Å². The number of phenolic OH excluding ortho intramolecular Hbond substituents is 1. The molecule has 0 aliphatic heterocycles. The van der Waals surface area contributed by atoms with Crippen molar-refractivity contribution in [3.8, 4) is 5.75 Å². The number of rotatable bonds is 1. The Kier molecular flexibility index (Phi) is 1.74. The van der Waals surface area contributed by atoms with E-state index in [1.807, 2.05) is 29.9 Å². The van der Waals surface area contributed by atoms with Crippen LogP contribution in [0.3, 0.4) is 0 Å². The van der Waals surface area contributed by atoms with Crippen molar-refractivity contribution < 1.29 is 5.11 Å². The Balaban J connectivity index is 2.85. The zero-order chi connectivity index (χ0) is 9.42. The minimum atomic E-state index is 0.279. The van der Waals surface area contributed by atoms with Gasteiger partial charge in [0.1, 0.15) is 5.75 Å². The van der Waals surface area contributed by atoms with Gasteiger partial charge in [-0.05, 0) is 18.2 Å². The molecule has 2 rings (SSSR count). The van der Waals surface area contributed by atoms with Crippen molar-refractivity contribution in [2.45, 2.75) is 6.54 Å². The van der Waals surface area contributed by atoms with Gasteiger partial charge in [-0.1, -0.05) is 0 Å². The van der Waals surface area contributed by atoms with E-state index in [1.165, 1.54) is 0 Å². The van der Waals surface area contributed by atoms with Crippen LogP contribution in [0.25, 0.3) is 10.9 Å². The third-order valence-corrected chi connectivity index (χ3v) is 2.36. The Morgan fingerprint density at radius 3 is 2.85 bits per heavy atom. The summed E-state index contributed by atoms with van der Waals surface area (Å²) in [5.41, 5.74) is 7.47. The fraction of sp³-hybridized carbons (Fsp3) is 0.200. The van der Waals surface area contributed by atoms with Crippen molar-refractivity contribution in [3.05, 3.63) is 30.0 Å². The molecule has 68 valence electrons. The molecule has 0 atom stereocenters. The molecule has 0 unspecified atom stereocenters. The van der Waals surface area contributed by atoms with E-state index in [4.69, 9.17) is 5.73 Å². The molecule has 13 heavy (non-hydrogen) atoms. The van der Waals surface area contributed by atoms with Crippen LogP contribution < -0.4 is 5.73 Å². The van der Waals surface area contributed by atoms with Crippen LogP contribution in [-0.2, 0) is 13.6 Å². The van der Waals surface area contributed by atoms with Crippen molar-refractivity contribution >= 4 is 10.9 Å². The third kappa shape index (κ3) is 1.09. The Hall–Kier alpha value is -1.48. The van der Waals surface area contributed by atoms with Crippen LogP contribution in [0.5, 0.6) is 5.75 Å². The molecule has 0 bridgehead atoms. The molecule has 0 fully saturated rings. The van der Waals surface area contributed by atoms with Crippen LogP contribution in [0.1, 0.15) is 5.56 Å². The van der Waals surface area contributed by atoms with Crippen molar-refractivity contribution in [3.63, 3.8) is 0 Å². The van der Waals surface area contributed by atoms with E-state index in [0.29, 0.717) is 6.54 Å². The maximum atomic E-state index is 9.53. The lowest BCUT2D eigenvalue weighted by molar-refractivity contribution is 0.469. The van der Waals surface area contributed by atoms with Crippen molar-refractivity contribution in [2.75, 3.05) is 0 Å². The lowest BCUT2D eigenvalue weighted by Gasteiger charge is -2.03. The monoisotopic (exact) mass is 176 g/mol. The molecule has 1 aromatic heterocycles. The van der Waals surface area contributed by atoms with E-state index >= 15 is 0 Å². The molecule has 0 aliphatic rings. The summed E-state index contributed by atoms with van der Waals surface area (Å²) in [6.07, 6.45) is 1.96. The molecule has 3 nitrogen and oxygen atoms in total. The topological polar surface area (TPSA) is 51.2 Å². The molecule has 2 aromatic rings. The molecule has 0 aliphatic carbocycles. The molecule has 0 amide bonds. The number of aromatic nitrogens is 1.